The van der Waals surface area contributed by atoms with E-state index in [1.54, 1.807) is 0 Å². The molecule has 0 N–H and O–H groups in total. The van der Waals surface area contributed by atoms with Crippen molar-refractivity contribution in [2.45, 2.75) is 57.6 Å². The molecule has 1 aromatic carbocycles. The first-order chi connectivity index (χ1) is 15.3. The van der Waals surface area contributed by atoms with Gasteiger partial charge in [-0.15, -0.1) is 0 Å². The molecule has 3 fully saturated rings. The van der Waals surface area contributed by atoms with Gasteiger partial charge < -0.3 is 9.64 Å². The van der Waals surface area contributed by atoms with Crippen molar-refractivity contribution in [1.82, 2.24) is 14.8 Å². The van der Waals surface area contributed by atoms with E-state index in [-0.39, 0.29) is 22.9 Å². The highest BCUT2D eigenvalue weighted by Crippen LogP contribution is 2.46. The molecule has 0 bridgehead atoms. The number of carbonyl (C=O) groups is 2. The summed E-state index contributed by atoms with van der Waals surface area (Å²) in [5, 5.41) is 0.892. The van der Waals surface area contributed by atoms with Gasteiger partial charge in [0.15, 0.2) is 0 Å². The van der Waals surface area contributed by atoms with Crippen LogP contribution in [0.4, 0.5) is 0 Å². The molecule has 1 spiro atoms. The monoisotopic (exact) mass is 499 g/mol. The molecule has 1 atom stereocenters. The summed E-state index contributed by atoms with van der Waals surface area (Å²) < 4.78 is 6.37. The van der Waals surface area contributed by atoms with Gasteiger partial charge in [0, 0.05) is 37.5 Å². The van der Waals surface area contributed by atoms with Crippen LogP contribution < -0.4 is 0 Å². The molecule has 32 heavy (non-hydrogen) atoms. The fraction of sp³-hybridized carbons (Fsp3) is 0.560. The van der Waals surface area contributed by atoms with Gasteiger partial charge in [-0.2, -0.15) is 0 Å². The molecule has 0 aliphatic carbocycles. The average Bonchev–Trinajstić information content (AvgIpc) is 2.99. The lowest BCUT2D eigenvalue weighted by molar-refractivity contribution is -0.154. The summed E-state index contributed by atoms with van der Waals surface area (Å²) >= 11 is 3.45. The van der Waals surface area contributed by atoms with Gasteiger partial charge in [0.2, 0.25) is 0 Å². The molecule has 6 nitrogen and oxygen atoms in total. The highest BCUT2D eigenvalue weighted by molar-refractivity contribution is 9.10. The number of cyclic esters (lactones) is 1. The lowest BCUT2D eigenvalue weighted by Gasteiger charge is -2.44. The largest absolute Gasteiger partial charge is 0.459 e. The van der Waals surface area contributed by atoms with Crippen molar-refractivity contribution >= 4 is 38.7 Å². The number of likely N-dealkylation sites (tertiary alicyclic amines) is 2. The van der Waals surface area contributed by atoms with E-state index in [0.717, 1.165) is 69.2 Å². The summed E-state index contributed by atoms with van der Waals surface area (Å²) in [4.78, 5) is 35.0. The van der Waals surface area contributed by atoms with Gasteiger partial charge in [-0.3, -0.25) is 14.5 Å². The van der Waals surface area contributed by atoms with Crippen molar-refractivity contribution in [3.63, 3.8) is 0 Å². The maximum atomic E-state index is 13.4. The maximum Gasteiger partial charge on any atom is 0.314 e. The van der Waals surface area contributed by atoms with E-state index in [2.05, 4.69) is 25.8 Å². The van der Waals surface area contributed by atoms with E-state index in [9.17, 15) is 9.59 Å². The summed E-state index contributed by atoms with van der Waals surface area (Å²) in [6.07, 6.45) is 4.62. The molecular formula is C25H30BrN3O3. The molecule has 0 saturated carbocycles. The Morgan fingerprint density at radius 3 is 2.66 bits per heavy atom. The summed E-state index contributed by atoms with van der Waals surface area (Å²) in [7, 11) is 0. The summed E-state index contributed by atoms with van der Waals surface area (Å²) in [5.41, 5.74) is 0.813. The standard InChI is InChI=1S/C25H30BrN3O3/c1-24(2)15-25(23(31)32-24)10-5-11-29(16-25)17-8-12-28(13-9-17)22(30)19-14-21(26)27-20-7-4-3-6-18(19)20/h3-4,6-7,14,17H,5,8-13,15-16H2,1-2H3. The van der Waals surface area contributed by atoms with Crippen LogP contribution in [0.5, 0.6) is 0 Å². The highest BCUT2D eigenvalue weighted by Gasteiger charge is 2.54. The Bertz CT molecular complexity index is 1060. The fourth-order valence-corrected chi connectivity index (χ4v) is 6.42. The minimum atomic E-state index is -0.364. The number of nitrogens with zero attached hydrogens (tertiary/aromatic N) is 3. The Morgan fingerprint density at radius 2 is 1.94 bits per heavy atom. The van der Waals surface area contributed by atoms with Crippen molar-refractivity contribution in [3.05, 3.63) is 40.5 Å². The molecule has 3 aliphatic heterocycles. The minimum absolute atomic E-state index is 0.0186. The molecule has 3 aliphatic rings. The molecule has 5 rings (SSSR count). The van der Waals surface area contributed by atoms with Crippen LogP contribution in [-0.4, -0.2) is 64.5 Å². The molecule has 1 amide bonds. The number of pyridine rings is 1. The zero-order valence-electron chi connectivity index (χ0n) is 18.8. The minimum Gasteiger partial charge on any atom is -0.459 e. The lowest BCUT2D eigenvalue weighted by atomic mass is 9.74. The Hall–Kier alpha value is -1.99. The van der Waals surface area contributed by atoms with Crippen molar-refractivity contribution in [3.8, 4) is 0 Å². The highest BCUT2D eigenvalue weighted by atomic mass is 79.9. The van der Waals surface area contributed by atoms with E-state index in [0.29, 0.717) is 16.2 Å². The molecule has 0 radical (unpaired) electrons. The Labute approximate surface area is 197 Å². The first-order valence-electron chi connectivity index (χ1n) is 11.6. The van der Waals surface area contributed by atoms with Crippen LogP contribution in [-0.2, 0) is 9.53 Å². The van der Waals surface area contributed by atoms with Crippen LogP contribution in [0.1, 0.15) is 56.3 Å². The number of rotatable bonds is 2. The first kappa shape index (κ1) is 21.8. The molecule has 1 aromatic heterocycles. The second kappa shape index (κ2) is 8.10. The van der Waals surface area contributed by atoms with Gasteiger partial charge in [-0.1, -0.05) is 18.2 Å². The third-order valence-electron chi connectivity index (χ3n) is 7.36. The number of piperidine rings is 2. The van der Waals surface area contributed by atoms with E-state index in [1.165, 1.54) is 0 Å². The Kier molecular flexibility index (Phi) is 5.53. The second-order valence-corrected chi connectivity index (χ2v) is 11.0. The number of ether oxygens (including phenoxy) is 1. The Morgan fingerprint density at radius 1 is 1.19 bits per heavy atom. The zero-order chi connectivity index (χ0) is 22.5. The van der Waals surface area contributed by atoms with Gasteiger partial charge in [-0.25, -0.2) is 4.98 Å². The SMILES string of the molecule is CC1(C)CC2(CCCN(C3CCN(C(=O)c4cc(Br)nc5ccccc45)CC3)C2)C(=O)O1. The van der Waals surface area contributed by atoms with Crippen LogP contribution >= 0.6 is 15.9 Å². The number of halogens is 1. The van der Waals surface area contributed by atoms with Gasteiger partial charge in [0.05, 0.1) is 16.5 Å². The quantitative estimate of drug-likeness (QED) is 0.452. The number of amides is 1. The third kappa shape index (κ3) is 3.94. The van der Waals surface area contributed by atoms with Crippen molar-refractivity contribution < 1.29 is 14.3 Å². The second-order valence-electron chi connectivity index (χ2n) is 10.2. The predicted octanol–water partition coefficient (Wildman–Crippen LogP) is 4.41. The number of fused-ring (bicyclic) bond motifs is 1. The van der Waals surface area contributed by atoms with Gasteiger partial charge >= 0.3 is 5.97 Å². The number of benzene rings is 1. The van der Waals surface area contributed by atoms with Crippen LogP contribution in [0.2, 0.25) is 0 Å². The Balaban J connectivity index is 1.27. The number of hydrogen-bond donors (Lipinski definition) is 0. The number of para-hydroxylation sites is 1. The molecule has 1 unspecified atom stereocenters. The lowest BCUT2D eigenvalue weighted by Crippen LogP contribution is -2.53. The molecule has 4 heterocycles. The van der Waals surface area contributed by atoms with Crippen molar-refractivity contribution in [2.24, 2.45) is 5.41 Å². The average molecular weight is 500 g/mol. The molecule has 3 saturated heterocycles. The molecule has 2 aromatic rings. The number of aromatic nitrogens is 1. The first-order valence-corrected chi connectivity index (χ1v) is 12.4. The van der Waals surface area contributed by atoms with Gasteiger partial charge in [-0.05, 0) is 74.1 Å². The van der Waals surface area contributed by atoms with Crippen molar-refractivity contribution in [1.29, 1.82) is 0 Å². The topological polar surface area (TPSA) is 62.7 Å². The molecular weight excluding hydrogens is 470 g/mol. The predicted molar refractivity (Wildman–Crippen MR) is 126 cm³/mol. The van der Waals surface area contributed by atoms with Crippen molar-refractivity contribution in [2.75, 3.05) is 26.2 Å². The smallest absolute Gasteiger partial charge is 0.314 e. The number of carbonyl (C=O) groups excluding carboxylic acids is 2. The van der Waals surface area contributed by atoms with Gasteiger partial charge in [0.25, 0.3) is 5.91 Å². The van der Waals surface area contributed by atoms with E-state index < -0.39 is 0 Å². The number of hydrogen-bond acceptors (Lipinski definition) is 5. The van der Waals surface area contributed by atoms with E-state index in [1.807, 2.05) is 49.1 Å². The van der Waals surface area contributed by atoms with Crippen LogP contribution in [0, 0.1) is 5.41 Å². The van der Waals surface area contributed by atoms with E-state index >= 15 is 0 Å². The fourth-order valence-electron chi connectivity index (χ4n) is 6.00. The maximum absolute atomic E-state index is 13.4. The van der Waals surface area contributed by atoms with Crippen LogP contribution in [0.25, 0.3) is 10.9 Å². The molecule has 7 heteroatoms. The van der Waals surface area contributed by atoms with E-state index in [4.69, 9.17) is 4.74 Å². The molecule has 170 valence electrons. The normalized spacial score (nSPS) is 26.6. The third-order valence-corrected chi connectivity index (χ3v) is 7.76. The summed E-state index contributed by atoms with van der Waals surface area (Å²) in [6.45, 7) is 7.31. The summed E-state index contributed by atoms with van der Waals surface area (Å²) in [6, 6.07) is 10.0. The number of esters is 1. The van der Waals surface area contributed by atoms with Crippen LogP contribution in [0.3, 0.4) is 0 Å². The van der Waals surface area contributed by atoms with Gasteiger partial charge in [0.1, 0.15) is 10.2 Å². The zero-order valence-corrected chi connectivity index (χ0v) is 20.4. The van der Waals surface area contributed by atoms with Crippen LogP contribution in [0.15, 0.2) is 34.9 Å². The summed E-state index contributed by atoms with van der Waals surface area (Å²) in [5.74, 6) is 0.0499.